The summed E-state index contributed by atoms with van der Waals surface area (Å²) >= 11 is 6.30. The Kier molecular flexibility index (Phi) is 5.90. The number of halogens is 1. The van der Waals surface area contributed by atoms with Gasteiger partial charge in [0.2, 0.25) is 0 Å². The third kappa shape index (κ3) is 5.33. The topological polar surface area (TPSA) is 46.2 Å². The molecule has 1 aromatic rings. The first-order chi connectivity index (χ1) is 9.15. The summed E-state index contributed by atoms with van der Waals surface area (Å²) in [5.74, 6) is 0.0952. The molecule has 3 nitrogen and oxygen atoms in total. The molecule has 1 rings (SSSR count). The van der Waals surface area contributed by atoms with E-state index in [9.17, 15) is 8.42 Å². The average molecular weight is 318 g/mol. The van der Waals surface area contributed by atoms with Gasteiger partial charge in [0, 0.05) is 6.54 Å². The van der Waals surface area contributed by atoms with Crippen molar-refractivity contribution in [1.29, 1.82) is 0 Å². The van der Waals surface area contributed by atoms with Crippen LogP contribution in [0.3, 0.4) is 0 Å². The molecule has 0 radical (unpaired) electrons. The van der Waals surface area contributed by atoms with Gasteiger partial charge in [-0.25, -0.2) is 8.42 Å². The van der Waals surface area contributed by atoms with Crippen LogP contribution < -0.4 is 5.32 Å². The van der Waals surface area contributed by atoms with Gasteiger partial charge in [0.15, 0.2) is 9.84 Å². The van der Waals surface area contributed by atoms with Gasteiger partial charge in [0.25, 0.3) is 0 Å². The predicted octanol–water partition coefficient (Wildman–Crippen LogP) is 3.94. The number of benzene rings is 1. The smallest absolute Gasteiger partial charge is 0.180 e. The number of para-hydroxylation sites is 1. The Morgan fingerprint density at radius 1 is 1.25 bits per heavy atom. The van der Waals surface area contributed by atoms with E-state index in [4.69, 9.17) is 11.6 Å². The molecule has 0 heterocycles. The van der Waals surface area contributed by atoms with E-state index >= 15 is 0 Å². The fourth-order valence-corrected chi connectivity index (χ4v) is 3.61. The number of sulfone groups is 1. The quantitative estimate of drug-likeness (QED) is 0.808. The van der Waals surface area contributed by atoms with Crippen molar-refractivity contribution in [2.45, 2.75) is 44.4 Å². The molecule has 0 saturated heterocycles. The Labute approximate surface area is 127 Å². The predicted molar refractivity (Wildman–Crippen MR) is 86.4 cm³/mol. The van der Waals surface area contributed by atoms with Crippen LogP contribution in [0.4, 0.5) is 5.69 Å². The molecule has 0 aliphatic rings. The summed E-state index contributed by atoms with van der Waals surface area (Å²) in [4.78, 5) is 0.349. The standard InChI is InChI=1S/C15H24ClNO2S/c1-5-20(18,19)14-9-7-6-8-13(14)17-11-12(16)10-15(2,3)4/h6-9,12,17H,5,10-11H2,1-4H3. The molecule has 0 spiro atoms. The minimum atomic E-state index is -3.22. The third-order valence-electron chi connectivity index (χ3n) is 2.95. The molecular formula is C15H24ClNO2S. The second kappa shape index (κ2) is 6.81. The first-order valence-electron chi connectivity index (χ1n) is 6.85. The minimum Gasteiger partial charge on any atom is -0.383 e. The van der Waals surface area contributed by atoms with E-state index in [0.29, 0.717) is 17.1 Å². The van der Waals surface area contributed by atoms with Crippen LogP contribution in [-0.2, 0) is 9.84 Å². The lowest BCUT2D eigenvalue weighted by molar-refractivity contribution is 0.373. The Morgan fingerprint density at radius 3 is 2.40 bits per heavy atom. The van der Waals surface area contributed by atoms with Crippen LogP contribution in [0.2, 0.25) is 0 Å². The highest BCUT2D eigenvalue weighted by molar-refractivity contribution is 7.91. The van der Waals surface area contributed by atoms with Crippen LogP contribution >= 0.6 is 11.6 Å². The number of nitrogens with one attached hydrogen (secondary N) is 1. The van der Waals surface area contributed by atoms with Gasteiger partial charge in [0.1, 0.15) is 0 Å². The molecule has 0 fully saturated rings. The molecule has 114 valence electrons. The normalized spacial score (nSPS) is 14.1. The highest BCUT2D eigenvalue weighted by atomic mass is 35.5. The maximum absolute atomic E-state index is 12.0. The maximum atomic E-state index is 12.0. The number of rotatable bonds is 6. The zero-order valence-corrected chi connectivity index (χ0v) is 14.2. The number of hydrogen-bond acceptors (Lipinski definition) is 3. The number of hydrogen-bond donors (Lipinski definition) is 1. The third-order valence-corrected chi connectivity index (χ3v) is 5.04. The zero-order valence-electron chi connectivity index (χ0n) is 12.6. The van der Waals surface area contributed by atoms with Gasteiger partial charge in [-0.05, 0) is 24.0 Å². The van der Waals surface area contributed by atoms with E-state index in [1.807, 2.05) is 6.07 Å². The second-order valence-corrected chi connectivity index (χ2v) is 9.01. The molecule has 0 saturated carbocycles. The van der Waals surface area contributed by atoms with Crippen molar-refractivity contribution in [1.82, 2.24) is 0 Å². The van der Waals surface area contributed by atoms with Crippen molar-refractivity contribution < 1.29 is 8.42 Å². The van der Waals surface area contributed by atoms with E-state index in [-0.39, 0.29) is 16.5 Å². The Balaban J connectivity index is 2.80. The fourth-order valence-electron chi connectivity index (χ4n) is 2.00. The monoisotopic (exact) mass is 317 g/mol. The van der Waals surface area contributed by atoms with Crippen molar-refractivity contribution in [3.8, 4) is 0 Å². The van der Waals surface area contributed by atoms with Crippen molar-refractivity contribution >= 4 is 27.1 Å². The molecule has 5 heteroatoms. The SMILES string of the molecule is CCS(=O)(=O)c1ccccc1NCC(Cl)CC(C)(C)C. The molecular weight excluding hydrogens is 294 g/mol. The minimum absolute atomic E-state index is 0.0348. The number of anilines is 1. The van der Waals surface area contributed by atoms with Gasteiger partial charge in [-0.15, -0.1) is 11.6 Å². The molecule has 0 aromatic heterocycles. The molecule has 0 aliphatic heterocycles. The molecule has 1 unspecified atom stereocenters. The van der Waals surface area contributed by atoms with Crippen molar-refractivity contribution in [3.63, 3.8) is 0 Å². The molecule has 1 aromatic carbocycles. The van der Waals surface area contributed by atoms with Crippen molar-refractivity contribution in [3.05, 3.63) is 24.3 Å². The number of alkyl halides is 1. The first-order valence-corrected chi connectivity index (χ1v) is 8.94. The molecule has 1 N–H and O–H groups in total. The van der Waals surface area contributed by atoms with Crippen LogP contribution in [-0.4, -0.2) is 26.1 Å². The van der Waals surface area contributed by atoms with Gasteiger partial charge >= 0.3 is 0 Å². The summed E-state index contributed by atoms with van der Waals surface area (Å²) in [5.41, 5.74) is 0.789. The second-order valence-electron chi connectivity index (χ2n) is 6.14. The Bertz CT molecular complexity index is 535. The lowest BCUT2D eigenvalue weighted by atomic mass is 9.90. The van der Waals surface area contributed by atoms with Crippen molar-refractivity contribution in [2.75, 3.05) is 17.6 Å². The van der Waals surface area contributed by atoms with Crippen LogP contribution in [0.1, 0.15) is 34.1 Å². The summed E-state index contributed by atoms with van der Waals surface area (Å²) in [6.07, 6.45) is 0.865. The van der Waals surface area contributed by atoms with E-state index in [0.717, 1.165) is 6.42 Å². The Hall–Kier alpha value is -0.740. The summed E-state index contributed by atoms with van der Waals surface area (Å²) < 4.78 is 24.0. The van der Waals surface area contributed by atoms with Crippen LogP contribution in [0.25, 0.3) is 0 Å². The maximum Gasteiger partial charge on any atom is 0.180 e. The summed E-state index contributed by atoms with van der Waals surface area (Å²) in [7, 11) is -3.22. The van der Waals surface area contributed by atoms with Crippen LogP contribution in [0.5, 0.6) is 0 Å². The molecule has 0 bridgehead atoms. The fraction of sp³-hybridized carbons (Fsp3) is 0.600. The van der Waals surface area contributed by atoms with Gasteiger partial charge in [-0.2, -0.15) is 0 Å². The average Bonchev–Trinajstić information content (AvgIpc) is 2.34. The Morgan fingerprint density at radius 2 is 1.85 bits per heavy atom. The van der Waals surface area contributed by atoms with Crippen molar-refractivity contribution in [2.24, 2.45) is 5.41 Å². The summed E-state index contributed by atoms with van der Waals surface area (Å²) in [6.45, 7) is 8.61. The van der Waals surface area contributed by atoms with E-state index in [1.165, 1.54) is 0 Å². The lowest BCUT2D eigenvalue weighted by Crippen LogP contribution is -2.21. The molecule has 0 aliphatic carbocycles. The lowest BCUT2D eigenvalue weighted by Gasteiger charge is -2.22. The highest BCUT2D eigenvalue weighted by Crippen LogP contribution is 2.26. The van der Waals surface area contributed by atoms with Crippen LogP contribution in [0.15, 0.2) is 29.2 Å². The first kappa shape index (κ1) is 17.3. The zero-order chi connectivity index (χ0) is 15.4. The van der Waals surface area contributed by atoms with Crippen LogP contribution in [0, 0.1) is 5.41 Å². The summed E-state index contributed by atoms with van der Waals surface area (Å²) in [5, 5.41) is 3.13. The molecule has 20 heavy (non-hydrogen) atoms. The van der Waals surface area contributed by atoms with E-state index in [2.05, 4.69) is 26.1 Å². The van der Waals surface area contributed by atoms with Gasteiger partial charge < -0.3 is 5.32 Å². The van der Waals surface area contributed by atoms with Gasteiger partial charge in [-0.3, -0.25) is 0 Å². The molecule has 1 atom stereocenters. The van der Waals surface area contributed by atoms with Gasteiger partial charge in [-0.1, -0.05) is 39.8 Å². The molecule has 0 amide bonds. The highest BCUT2D eigenvalue weighted by Gasteiger charge is 2.19. The van der Waals surface area contributed by atoms with E-state index in [1.54, 1.807) is 25.1 Å². The van der Waals surface area contributed by atoms with Gasteiger partial charge in [0.05, 0.1) is 21.7 Å². The summed E-state index contributed by atoms with van der Waals surface area (Å²) in [6, 6.07) is 6.97. The largest absolute Gasteiger partial charge is 0.383 e. The van der Waals surface area contributed by atoms with E-state index < -0.39 is 9.84 Å².